The van der Waals surface area contributed by atoms with Crippen molar-refractivity contribution in [3.63, 3.8) is 0 Å². The first kappa shape index (κ1) is 14.1. The van der Waals surface area contributed by atoms with E-state index in [1.54, 1.807) is 0 Å². The van der Waals surface area contributed by atoms with Crippen molar-refractivity contribution >= 4 is 9.84 Å². The molecule has 3 nitrogen and oxygen atoms in total. The zero-order valence-electron chi connectivity index (χ0n) is 10.2. The van der Waals surface area contributed by atoms with Gasteiger partial charge in [-0.1, -0.05) is 13.8 Å². The molecule has 0 unspecified atom stereocenters. The molecule has 0 aliphatic rings. The molecule has 0 heterocycles. The van der Waals surface area contributed by atoms with E-state index in [9.17, 15) is 12.8 Å². The molecular weight excluding hydrogens is 243 g/mol. The molecule has 1 aromatic rings. The largest absolute Gasteiger partial charge is 0.396 e. The molecule has 96 valence electrons. The Morgan fingerprint density at radius 1 is 1.35 bits per heavy atom. The predicted molar refractivity (Wildman–Crippen MR) is 64.4 cm³/mol. The van der Waals surface area contributed by atoms with Crippen LogP contribution in [0.3, 0.4) is 0 Å². The van der Waals surface area contributed by atoms with Gasteiger partial charge in [-0.25, -0.2) is 12.8 Å². The maximum atomic E-state index is 13.8. The summed E-state index contributed by atoms with van der Waals surface area (Å²) in [6.07, 6.45) is 1.05. The van der Waals surface area contributed by atoms with Gasteiger partial charge in [-0.05, 0) is 30.0 Å². The average molecular weight is 260 g/mol. The summed E-state index contributed by atoms with van der Waals surface area (Å²) < 4.78 is 37.0. The lowest BCUT2D eigenvalue weighted by molar-refractivity contribution is 0.296. The summed E-state index contributed by atoms with van der Waals surface area (Å²) in [4.78, 5) is -0.0183. The highest BCUT2D eigenvalue weighted by Gasteiger charge is 2.19. The first-order valence-corrected chi connectivity index (χ1v) is 7.29. The van der Waals surface area contributed by atoms with E-state index >= 15 is 0 Å². The Hall–Kier alpha value is -0.940. The molecular formula is C12H17FO3S. The number of aliphatic hydroxyl groups excluding tert-OH is 1. The summed E-state index contributed by atoms with van der Waals surface area (Å²) in [5.74, 6) is -0.515. The number of hydrogen-bond donors (Lipinski definition) is 1. The van der Waals surface area contributed by atoms with Crippen LogP contribution < -0.4 is 0 Å². The highest BCUT2D eigenvalue weighted by Crippen LogP contribution is 2.25. The first-order chi connectivity index (χ1) is 7.77. The first-order valence-electron chi connectivity index (χ1n) is 5.40. The molecule has 0 fully saturated rings. The van der Waals surface area contributed by atoms with Gasteiger partial charge in [0.25, 0.3) is 0 Å². The fraction of sp³-hybridized carbons (Fsp3) is 0.500. The minimum atomic E-state index is -3.49. The Labute approximate surface area is 101 Å². The van der Waals surface area contributed by atoms with E-state index in [0.29, 0.717) is 5.56 Å². The van der Waals surface area contributed by atoms with Gasteiger partial charge in [0, 0.05) is 18.4 Å². The smallest absolute Gasteiger partial charge is 0.175 e. The lowest BCUT2D eigenvalue weighted by Gasteiger charge is -2.13. The van der Waals surface area contributed by atoms with Gasteiger partial charge in [-0.3, -0.25) is 0 Å². The van der Waals surface area contributed by atoms with Crippen molar-refractivity contribution in [2.75, 3.05) is 12.9 Å². The minimum Gasteiger partial charge on any atom is -0.396 e. The second kappa shape index (κ2) is 5.14. The van der Waals surface area contributed by atoms with Gasteiger partial charge in [0.05, 0.1) is 4.90 Å². The van der Waals surface area contributed by atoms with Crippen molar-refractivity contribution in [2.45, 2.75) is 31.1 Å². The lowest BCUT2D eigenvalue weighted by atomic mass is 10.0. The number of aliphatic hydroxyl groups is 1. The third-order valence-electron chi connectivity index (χ3n) is 2.60. The van der Waals surface area contributed by atoms with Crippen molar-refractivity contribution in [2.24, 2.45) is 0 Å². The van der Waals surface area contributed by atoms with Crippen LogP contribution in [-0.2, 0) is 16.3 Å². The summed E-state index contributed by atoms with van der Waals surface area (Å²) in [6.45, 7) is 3.46. The molecule has 0 bridgehead atoms. The van der Waals surface area contributed by atoms with Crippen molar-refractivity contribution < 1.29 is 17.9 Å². The SMILES string of the molecule is CC(C)c1cc(F)c(CCO)c(S(C)(=O)=O)c1. The van der Waals surface area contributed by atoms with Crippen LogP contribution in [0.1, 0.15) is 30.9 Å². The normalized spacial score (nSPS) is 12.1. The Morgan fingerprint density at radius 2 is 1.94 bits per heavy atom. The highest BCUT2D eigenvalue weighted by molar-refractivity contribution is 7.90. The van der Waals surface area contributed by atoms with Crippen LogP contribution in [0.25, 0.3) is 0 Å². The molecule has 0 saturated carbocycles. The van der Waals surface area contributed by atoms with E-state index in [2.05, 4.69) is 0 Å². The molecule has 0 radical (unpaired) electrons. The fourth-order valence-electron chi connectivity index (χ4n) is 1.65. The van der Waals surface area contributed by atoms with Crippen LogP contribution >= 0.6 is 0 Å². The van der Waals surface area contributed by atoms with E-state index < -0.39 is 15.7 Å². The Kier molecular flexibility index (Phi) is 4.27. The van der Waals surface area contributed by atoms with E-state index in [0.717, 1.165) is 6.26 Å². The second-order valence-corrected chi connectivity index (χ2v) is 6.36. The molecule has 0 spiro atoms. The zero-order chi connectivity index (χ0) is 13.2. The van der Waals surface area contributed by atoms with Crippen molar-refractivity contribution in [1.29, 1.82) is 0 Å². The molecule has 0 amide bonds. The summed E-state index contributed by atoms with van der Waals surface area (Å²) >= 11 is 0. The third kappa shape index (κ3) is 3.26. The van der Waals surface area contributed by atoms with E-state index in [1.165, 1.54) is 12.1 Å². The van der Waals surface area contributed by atoms with Crippen molar-refractivity contribution in [3.05, 3.63) is 29.1 Å². The van der Waals surface area contributed by atoms with Gasteiger partial charge in [-0.2, -0.15) is 0 Å². The molecule has 0 atom stereocenters. The van der Waals surface area contributed by atoms with Gasteiger partial charge >= 0.3 is 0 Å². The number of hydrogen-bond acceptors (Lipinski definition) is 3. The minimum absolute atomic E-state index is 0.00656. The van der Waals surface area contributed by atoms with Crippen LogP contribution in [-0.4, -0.2) is 26.4 Å². The summed E-state index contributed by atoms with van der Waals surface area (Å²) in [7, 11) is -3.49. The molecule has 5 heteroatoms. The van der Waals surface area contributed by atoms with E-state index in [1.807, 2.05) is 13.8 Å². The van der Waals surface area contributed by atoms with Crippen molar-refractivity contribution in [1.82, 2.24) is 0 Å². The maximum absolute atomic E-state index is 13.8. The summed E-state index contributed by atoms with van der Waals surface area (Å²) in [6, 6.07) is 2.83. The standard InChI is InChI=1S/C12H17FO3S/c1-8(2)9-6-11(13)10(4-5-14)12(7-9)17(3,15)16/h6-8,14H,4-5H2,1-3H3. The van der Waals surface area contributed by atoms with Gasteiger partial charge in [-0.15, -0.1) is 0 Å². The van der Waals surface area contributed by atoms with E-state index in [4.69, 9.17) is 5.11 Å². The molecule has 0 aliphatic heterocycles. The van der Waals surface area contributed by atoms with Crippen LogP contribution in [0.2, 0.25) is 0 Å². The number of benzene rings is 1. The fourth-order valence-corrected chi connectivity index (χ4v) is 2.65. The van der Waals surface area contributed by atoms with Crippen LogP contribution in [0.5, 0.6) is 0 Å². The van der Waals surface area contributed by atoms with Gasteiger partial charge in [0.2, 0.25) is 0 Å². The molecule has 17 heavy (non-hydrogen) atoms. The molecule has 0 aliphatic carbocycles. The average Bonchev–Trinajstić information content (AvgIpc) is 2.18. The molecule has 0 aromatic heterocycles. The molecule has 1 N–H and O–H groups in total. The summed E-state index contributed by atoms with van der Waals surface area (Å²) in [5, 5.41) is 8.85. The topological polar surface area (TPSA) is 54.4 Å². The van der Waals surface area contributed by atoms with E-state index in [-0.39, 0.29) is 29.4 Å². The van der Waals surface area contributed by atoms with Gasteiger partial charge in [0.1, 0.15) is 5.82 Å². The quantitative estimate of drug-likeness (QED) is 0.899. The lowest BCUT2D eigenvalue weighted by Crippen LogP contribution is -2.08. The Morgan fingerprint density at radius 3 is 2.35 bits per heavy atom. The predicted octanol–water partition coefficient (Wildman–Crippen LogP) is 1.89. The molecule has 1 aromatic carbocycles. The number of halogens is 1. The third-order valence-corrected chi connectivity index (χ3v) is 3.77. The van der Waals surface area contributed by atoms with Crippen LogP contribution in [0.15, 0.2) is 17.0 Å². The summed E-state index contributed by atoms with van der Waals surface area (Å²) in [5.41, 5.74) is 0.712. The molecule has 0 saturated heterocycles. The van der Waals surface area contributed by atoms with Crippen LogP contribution in [0.4, 0.5) is 4.39 Å². The van der Waals surface area contributed by atoms with Gasteiger partial charge < -0.3 is 5.11 Å². The number of rotatable bonds is 4. The Bertz CT molecular complexity index is 507. The zero-order valence-corrected chi connectivity index (χ0v) is 11.0. The number of sulfone groups is 1. The van der Waals surface area contributed by atoms with Crippen LogP contribution in [0, 0.1) is 5.82 Å². The second-order valence-electron chi connectivity index (χ2n) is 4.38. The monoisotopic (exact) mass is 260 g/mol. The highest BCUT2D eigenvalue weighted by atomic mass is 32.2. The maximum Gasteiger partial charge on any atom is 0.175 e. The molecule has 1 rings (SSSR count). The van der Waals surface area contributed by atoms with Gasteiger partial charge in [0.15, 0.2) is 9.84 Å². The Balaban J connectivity index is 3.51. The van der Waals surface area contributed by atoms with Crippen molar-refractivity contribution in [3.8, 4) is 0 Å².